The molecule has 0 aromatic heterocycles. The molecule has 2 aromatic rings. The minimum absolute atomic E-state index is 0.188. The first-order valence-corrected chi connectivity index (χ1v) is 9.64. The lowest BCUT2D eigenvalue weighted by molar-refractivity contribution is -0.116. The molecule has 1 amide bonds. The molecule has 0 atom stereocenters. The van der Waals surface area contributed by atoms with Crippen LogP contribution in [0.5, 0.6) is 0 Å². The van der Waals surface area contributed by atoms with Gasteiger partial charge in [-0.15, -0.1) is 0 Å². The molecule has 0 unspecified atom stereocenters. The van der Waals surface area contributed by atoms with Crippen molar-refractivity contribution in [1.29, 1.82) is 0 Å². The zero-order chi connectivity index (χ0) is 17.6. The van der Waals surface area contributed by atoms with Gasteiger partial charge in [0, 0.05) is 18.7 Å². The second-order valence-corrected chi connectivity index (χ2v) is 8.13. The molecule has 2 aliphatic rings. The summed E-state index contributed by atoms with van der Waals surface area (Å²) in [6.45, 7) is 0.326. The predicted octanol–water partition coefficient (Wildman–Crippen LogP) is 2.85. The number of nitrogens with one attached hydrogen (secondary N) is 1. The highest BCUT2D eigenvalue weighted by Crippen LogP contribution is 2.35. The molecule has 2 aliphatic heterocycles. The van der Waals surface area contributed by atoms with Gasteiger partial charge in [-0.2, -0.15) is 0 Å². The normalized spacial score (nSPS) is 16.8. The molecule has 0 aliphatic carbocycles. The van der Waals surface area contributed by atoms with Gasteiger partial charge in [-0.05, 0) is 48.6 Å². The summed E-state index contributed by atoms with van der Waals surface area (Å²) in [5, 5.41) is 2.59. The van der Waals surface area contributed by atoms with Gasteiger partial charge in [-0.1, -0.05) is 18.2 Å². The van der Waals surface area contributed by atoms with Crippen LogP contribution in [0.2, 0.25) is 0 Å². The van der Waals surface area contributed by atoms with Gasteiger partial charge in [0.25, 0.3) is 10.0 Å². The van der Waals surface area contributed by atoms with Crippen LogP contribution >= 0.6 is 0 Å². The van der Waals surface area contributed by atoms with Crippen molar-refractivity contribution < 1.29 is 17.6 Å². The fourth-order valence-corrected chi connectivity index (χ4v) is 5.09. The van der Waals surface area contributed by atoms with Crippen molar-refractivity contribution in [3.63, 3.8) is 0 Å². The lowest BCUT2D eigenvalue weighted by atomic mass is 10.0. The molecular weight excluding hydrogens is 343 g/mol. The molecular formula is C18H17FN2O3S. The predicted molar refractivity (Wildman–Crippen MR) is 92.6 cm³/mol. The van der Waals surface area contributed by atoms with Crippen LogP contribution in [-0.2, 0) is 27.7 Å². The van der Waals surface area contributed by atoms with Gasteiger partial charge in [0.1, 0.15) is 10.7 Å². The number of fused-ring (bicyclic) bond motifs is 2. The van der Waals surface area contributed by atoms with Crippen LogP contribution < -0.4 is 9.62 Å². The Hall–Kier alpha value is -2.41. The van der Waals surface area contributed by atoms with E-state index in [0.29, 0.717) is 36.3 Å². The number of halogens is 1. The minimum Gasteiger partial charge on any atom is -0.326 e. The molecule has 25 heavy (non-hydrogen) atoms. The SMILES string of the molecule is O=C1CCc2cc(S(=O)(=O)N3CCCc4ccccc43)c(F)cc2N1. The standard InChI is InChI=1S/C18H17FN2O3S/c19-14-11-15-13(7-8-18(22)20-15)10-17(14)25(23,24)21-9-3-5-12-4-1-2-6-16(12)21/h1-2,4,6,10-11H,3,5,7-9H2,(H,20,22). The van der Waals surface area contributed by atoms with Crippen LogP contribution in [0.15, 0.2) is 41.3 Å². The van der Waals surface area contributed by atoms with Gasteiger partial charge in [-0.25, -0.2) is 12.8 Å². The number of carbonyl (C=O) groups excluding carboxylic acids is 1. The van der Waals surface area contributed by atoms with Crippen molar-refractivity contribution >= 4 is 27.3 Å². The van der Waals surface area contributed by atoms with Crippen LogP contribution in [0.4, 0.5) is 15.8 Å². The Labute approximate surface area is 145 Å². The lowest BCUT2D eigenvalue weighted by Gasteiger charge is -2.31. The lowest BCUT2D eigenvalue weighted by Crippen LogP contribution is -2.36. The van der Waals surface area contributed by atoms with Crippen molar-refractivity contribution in [2.75, 3.05) is 16.2 Å². The van der Waals surface area contributed by atoms with E-state index in [-0.39, 0.29) is 17.2 Å². The topological polar surface area (TPSA) is 66.5 Å². The summed E-state index contributed by atoms with van der Waals surface area (Å²) in [5.41, 5.74) is 2.55. The summed E-state index contributed by atoms with van der Waals surface area (Å²) in [6.07, 6.45) is 2.17. The number of nitrogens with zero attached hydrogens (tertiary/aromatic N) is 1. The summed E-state index contributed by atoms with van der Waals surface area (Å²) in [5.74, 6) is -1.03. The van der Waals surface area contributed by atoms with E-state index in [1.807, 2.05) is 12.1 Å². The molecule has 1 N–H and O–H groups in total. The first-order chi connectivity index (χ1) is 12.0. The fourth-order valence-electron chi connectivity index (χ4n) is 3.44. The number of amides is 1. The van der Waals surface area contributed by atoms with E-state index in [9.17, 15) is 17.6 Å². The molecule has 4 rings (SSSR count). The maximum Gasteiger partial charge on any atom is 0.267 e. The van der Waals surface area contributed by atoms with E-state index in [1.165, 1.54) is 10.4 Å². The molecule has 130 valence electrons. The monoisotopic (exact) mass is 360 g/mol. The van der Waals surface area contributed by atoms with Crippen molar-refractivity contribution in [2.24, 2.45) is 0 Å². The van der Waals surface area contributed by atoms with Crippen LogP contribution in [0.25, 0.3) is 0 Å². The number of aryl methyl sites for hydroxylation is 2. The third-order valence-electron chi connectivity index (χ3n) is 4.69. The number of carbonyl (C=O) groups is 1. The van der Waals surface area contributed by atoms with Gasteiger partial charge < -0.3 is 5.32 Å². The van der Waals surface area contributed by atoms with Crippen LogP contribution in [0.3, 0.4) is 0 Å². The summed E-state index contributed by atoms with van der Waals surface area (Å²) in [7, 11) is -4.01. The van der Waals surface area contributed by atoms with E-state index in [2.05, 4.69) is 5.32 Å². The molecule has 0 saturated heterocycles. The zero-order valence-electron chi connectivity index (χ0n) is 13.5. The molecule has 0 spiro atoms. The van der Waals surface area contributed by atoms with Gasteiger partial charge in [0.15, 0.2) is 0 Å². The first kappa shape index (κ1) is 16.1. The van der Waals surface area contributed by atoms with Crippen molar-refractivity contribution in [3.8, 4) is 0 Å². The van der Waals surface area contributed by atoms with E-state index in [4.69, 9.17) is 0 Å². The Morgan fingerprint density at radius 2 is 1.84 bits per heavy atom. The summed E-state index contributed by atoms with van der Waals surface area (Å²) in [6, 6.07) is 9.77. The summed E-state index contributed by atoms with van der Waals surface area (Å²) < 4.78 is 42.1. The minimum atomic E-state index is -4.01. The number of benzene rings is 2. The maximum atomic E-state index is 14.6. The number of para-hydroxylation sites is 1. The molecule has 0 bridgehead atoms. The second kappa shape index (κ2) is 5.84. The maximum absolute atomic E-state index is 14.6. The Balaban J connectivity index is 1.81. The Bertz CT molecular complexity index is 972. The van der Waals surface area contributed by atoms with E-state index in [1.54, 1.807) is 12.1 Å². The van der Waals surface area contributed by atoms with Gasteiger partial charge >= 0.3 is 0 Å². The van der Waals surface area contributed by atoms with Gasteiger partial charge in [0.05, 0.1) is 5.69 Å². The molecule has 0 saturated carbocycles. The average molecular weight is 360 g/mol. The van der Waals surface area contributed by atoms with Crippen LogP contribution in [0.1, 0.15) is 24.0 Å². The second-order valence-electron chi connectivity index (χ2n) is 6.30. The molecule has 2 heterocycles. The van der Waals surface area contributed by atoms with Crippen molar-refractivity contribution in [1.82, 2.24) is 0 Å². The third-order valence-corrected chi connectivity index (χ3v) is 6.52. The summed E-state index contributed by atoms with van der Waals surface area (Å²) >= 11 is 0. The van der Waals surface area contributed by atoms with Gasteiger partial charge in [0.2, 0.25) is 5.91 Å². The Morgan fingerprint density at radius 3 is 2.68 bits per heavy atom. The smallest absolute Gasteiger partial charge is 0.267 e. The Kier molecular flexibility index (Phi) is 3.76. The quantitative estimate of drug-likeness (QED) is 0.896. The number of anilines is 2. The number of hydrogen-bond donors (Lipinski definition) is 1. The molecule has 0 fully saturated rings. The van der Waals surface area contributed by atoms with Gasteiger partial charge in [-0.3, -0.25) is 9.10 Å². The average Bonchev–Trinajstić information content (AvgIpc) is 2.60. The molecule has 2 aromatic carbocycles. The molecule has 5 nitrogen and oxygen atoms in total. The summed E-state index contributed by atoms with van der Waals surface area (Å²) in [4.78, 5) is 11.1. The zero-order valence-corrected chi connectivity index (χ0v) is 14.3. The van der Waals surface area contributed by atoms with Crippen molar-refractivity contribution in [2.45, 2.75) is 30.6 Å². The fraction of sp³-hybridized carbons (Fsp3) is 0.278. The largest absolute Gasteiger partial charge is 0.326 e. The molecule has 0 radical (unpaired) electrons. The number of hydrogen-bond acceptors (Lipinski definition) is 3. The highest BCUT2D eigenvalue weighted by atomic mass is 32.2. The highest BCUT2D eigenvalue weighted by molar-refractivity contribution is 7.92. The number of rotatable bonds is 2. The van der Waals surface area contributed by atoms with Crippen molar-refractivity contribution in [3.05, 3.63) is 53.3 Å². The van der Waals surface area contributed by atoms with E-state index < -0.39 is 15.8 Å². The van der Waals surface area contributed by atoms with Crippen LogP contribution in [0, 0.1) is 5.82 Å². The highest BCUT2D eigenvalue weighted by Gasteiger charge is 2.32. The van der Waals surface area contributed by atoms with Crippen LogP contribution in [-0.4, -0.2) is 20.9 Å². The van der Waals surface area contributed by atoms with E-state index in [0.717, 1.165) is 18.1 Å². The molecule has 7 heteroatoms. The first-order valence-electron chi connectivity index (χ1n) is 8.20. The number of sulfonamides is 1. The third kappa shape index (κ3) is 2.68. The Morgan fingerprint density at radius 1 is 1.04 bits per heavy atom. The van der Waals surface area contributed by atoms with E-state index >= 15 is 0 Å².